The van der Waals surface area contributed by atoms with Gasteiger partial charge in [0.2, 0.25) is 5.91 Å². The van der Waals surface area contributed by atoms with E-state index in [-0.39, 0.29) is 12.0 Å². The van der Waals surface area contributed by atoms with Gasteiger partial charge in [-0.2, -0.15) is 0 Å². The molecule has 1 N–H and O–H groups in total. The SMILES string of the molecule is CC(=O)NCC[C@@H]1[C@H]2CN(C(=O)OC(C)(C)C)C[C@@H]12. The molecule has 5 nitrogen and oxygen atoms in total. The molecule has 19 heavy (non-hydrogen) atoms. The van der Waals surface area contributed by atoms with Gasteiger partial charge in [-0.15, -0.1) is 0 Å². The van der Waals surface area contributed by atoms with Crippen molar-refractivity contribution in [3.8, 4) is 0 Å². The van der Waals surface area contributed by atoms with E-state index in [1.165, 1.54) is 6.92 Å². The summed E-state index contributed by atoms with van der Waals surface area (Å²) in [5.74, 6) is 1.93. The van der Waals surface area contributed by atoms with Crippen LogP contribution in [0, 0.1) is 17.8 Å². The van der Waals surface area contributed by atoms with Crippen LogP contribution in [0.5, 0.6) is 0 Å². The summed E-state index contributed by atoms with van der Waals surface area (Å²) in [7, 11) is 0. The Morgan fingerprint density at radius 2 is 1.84 bits per heavy atom. The maximum absolute atomic E-state index is 11.9. The molecule has 0 unspecified atom stereocenters. The molecule has 3 atom stereocenters. The zero-order valence-electron chi connectivity index (χ0n) is 12.2. The molecule has 1 heterocycles. The molecule has 0 aromatic rings. The lowest BCUT2D eigenvalue weighted by molar-refractivity contribution is -0.118. The first-order chi connectivity index (χ1) is 8.78. The maximum Gasteiger partial charge on any atom is 0.410 e. The highest BCUT2D eigenvalue weighted by Crippen LogP contribution is 2.53. The van der Waals surface area contributed by atoms with Gasteiger partial charge in [-0.3, -0.25) is 4.79 Å². The second-order valence-corrected chi connectivity index (χ2v) is 6.65. The van der Waals surface area contributed by atoms with E-state index in [0.29, 0.717) is 17.8 Å². The van der Waals surface area contributed by atoms with Crippen molar-refractivity contribution in [2.45, 2.75) is 39.7 Å². The van der Waals surface area contributed by atoms with E-state index < -0.39 is 5.60 Å². The molecule has 2 amide bonds. The highest BCUT2D eigenvalue weighted by Gasteiger charge is 2.56. The highest BCUT2D eigenvalue weighted by atomic mass is 16.6. The molecule has 2 rings (SSSR count). The number of fused-ring (bicyclic) bond motifs is 1. The first-order valence-electron chi connectivity index (χ1n) is 7.00. The van der Waals surface area contributed by atoms with Gasteiger partial charge >= 0.3 is 6.09 Å². The minimum Gasteiger partial charge on any atom is -0.444 e. The Morgan fingerprint density at radius 3 is 2.32 bits per heavy atom. The quantitative estimate of drug-likeness (QED) is 0.846. The summed E-state index contributed by atoms with van der Waals surface area (Å²) < 4.78 is 5.37. The third kappa shape index (κ3) is 3.61. The van der Waals surface area contributed by atoms with E-state index in [1.54, 1.807) is 0 Å². The molecule has 1 aliphatic carbocycles. The van der Waals surface area contributed by atoms with Crippen LogP contribution in [0.3, 0.4) is 0 Å². The number of rotatable bonds is 3. The summed E-state index contributed by atoms with van der Waals surface area (Å²) in [5, 5.41) is 2.83. The van der Waals surface area contributed by atoms with Gasteiger partial charge in [0.25, 0.3) is 0 Å². The molecule has 1 saturated heterocycles. The molecule has 0 spiro atoms. The van der Waals surface area contributed by atoms with E-state index >= 15 is 0 Å². The molecule has 5 heteroatoms. The lowest BCUT2D eigenvalue weighted by Crippen LogP contribution is -2.37. The Labute approximate surface area is 114 Å². The summed E-state index contributed by atoms with van der Waals surface area (Å²) in [6, 6.07) is 0. The summed E-state index contributed by atoms with van der Waals surface area (Å²) in [6.07, 6.45) is 0.831. The molecule has 0 radical (unpaired) electrons. The van der Waals surface area contributed by atoms with Crippen LogP contribution >= 0.6 is 0 Å². The van der Waals surface area contributed by atoms with Crippen molar-refractivity contribution in [1.29, 1.82) is 0 Å². The van der Waals surface area contributed by atoms with Crippen LogP contribution in [0.15, 0.2) is 0 Å². The average molecular weight is 268 g/mol. The molecular formula is C14H24N2O3. The second kappa shape index (κ2) is 5.02. The largest absolute Gasteiger partial charge is 0.444 e. The Morgan fingerprint density at radius 1 is 1.26 bits per heavy atom. The highest BCUT2D eigenvalue weighted by molar-refractivity contribution is 5.72. The summed E-state index contributed by atoms with van der Waals surface area (Å²) in [4.78, 5) is 24.5. The molecule has 2 fully saturated rings. The van der Waals surface area contributed by atoms with E-state index in [2.05, 4.69) is 5.32 Å². The van der Waals surface area contributed by atoms with Crippen LogP contribution in [0.4, 0.5) is 4.79 Å². The van der Waals surface area contributed by atoms with E-state index in [9.17, 15) is 9.59 Å². The third-order valence-corrected chi connectivity index (χ3v) is 3.87. The van der Waals surface area contributed by atoms with Crippen molar-refractivity contribution in [3.63, 3.8) is 0 Å². The average Bonchev–Trinajstić information content (AvgIpc) is 2.70. The fourth-order valence-corrected chi connectivity index (χ4v) is 2.97. The van der Waals surface area contributed by atoms with Gasteiger partial charge in [-0.1, -0.05) is 0 Å². The molecule has 1 saturated carbocycles. The van der Waals surface area contributed by atoms with Gasteiger partial charge in [0.1, 0.15) is 5.60 Å². The van der Waals surface area contributed by atoms with E-state index in [0.717, 1.165) is 26.1 Å². The van der Waals surface area contributed by atoms with Crippen molar-refractivity contribution >= 4 is 12.0 Å². The maximum atomic E-state index is 11.9. The Balaban J connectivity index is 1.69. The second-order valence-electron chi connectivity index (χ2n) is 6.65. The topological polar surface area (TPSA) is 58.6 Å². The van der Waals surface area contributed by atoms with Crippen LogP contribution in [0.1, 0.15) is 34.1 Å². The first kappa shape index (κ1) is 14.2. The number of carbonyl (C=O) groups excluding carboxylic acids is 2. The summed E-state index contributed by atoms with van der Waals surface area (Å²) in [6.45, 7) is 9.57. The number of ether oxygens (including phenoxy) is 1. The van der Waals surface area contributed by atoms with Crippen LogP contribution in [0.2, 0.25) is 0 Å². The third-order valence-electron chi connectivity index (χ3n) is 3.87. The number of likely N-dealkylation sites (tertiary alicyclic amines) is 1. The Bertz CT molecular complexity index is 363. The first-order valence-corrected chi connectivity index (χ1v) is 7.00. The molecule has 2 aliphatic rings. The molecule has 0 aromatic carbocycles. The fourth-order valence-electron chi connectivity index (χ4n) is 2.97. The number of nitrogens with zero attached hydrogens (tertiary/aromatic N) is 1. The lowest BCUT2D eigenvalue weighted by atomic mass is 10.2. The number of hydrogen-bond donors (Lipinski definition) is 1. The van der Waals surface area contributed by atoms with E-state index in [1.807, 2.05) is 25.7 Å². The van der Waals surface area contributed by atoms with Crippen LogP contribution in [-0.4, -0.2) is 42.1 Å². The lowest BCUT2D eigenvalue weighted by Gasteiger charge is -2.25. The number of carbonyl (C=O) groups is 2. The normalized spacial score (nSPS) is 28.8. The number of nitrogens with one attached hydrogen (secondary N) is 1. The van der Waals surface area contributed by atoms with Crippen molar-refractivity contribution in [2.75, 3.05) is 19.6 Å². The van der Waals surface area contributed by atoms with Crippen LogP contribution in [-0.2, 0) is 9.53 Å². The number of piperidine rings is 1. The zero-order chi connectivity index (χ0) is 14.2. The Hall–Kier alpha value is -1.26. The summed E-state index contributed by atoms with van der Waals surface area (Å²) in [5.41, 5.74) is -0.422. The van der Waals surface area contributed by atoms with Gasteiger partial charge in [-0.05, 0) is 44.9 Å². The number of amides is 2. The van der Waals surface area contributed by atoms with Crippen molar-refractivity contribution < 1.29 is 14.3 Å². The standard InChI is InChI=1S/C14H24N2O3/c1-9(17)15-6-5-10-11-7-16(8-12(10)11)13(18)19-14(2,3)4/h10-12H,5-8H2,1-4H3,(H,15,17)/t10-,11-,12+. The van der Waals surface area contributed by atoms with Gasteiger partial charge in [0.05, 0.1) is 0 Å². The van der Waals surface area contributed by atoms with Gasteiger partial charge in [-0.25, -0.2) is 4.79 Å². The van der Waals surface area contributed by atoms with Crippen LogP contribution < -0.4 is 5.32 Å². The predicted molar refractivity (Wildman–Crippen MR) is 71.6 cm³/mol. The fraction of sp³-hybridized carbons (Fsp3) is 0.857. The molecular weight excluding hydrogens is 244 g/mol. The molecule has 0 aromatic heterocycles. The van der Waals surface area contributed by atoms with Gasteiger partial charge in [0.15, 0.2) is 0 Å². The predicted octanol–water partition coefficient (Wildman–Crippen LogP) is 1.63. The van der Waals surface area contributed by atoms with Crippen molar-refractivity contribution in [1.82, 2.24) is 10.2 Å². The Kier molecular flexibility index (Phi) is 3.74. The van der Waals surface area contributed by atoms with Gasteiger partial charge < -0.3 is 15.0 Å². The minimum absolute atomic E-state index is 0.0289. The number of hydrogen-bond acceptors (Lipinski definition) is 3. The van der Waals surface area contributed by atoms with E-state index in [4.69, 9.17) is 4.74 Å². The monoisotopic (exact) mass is 268 g/mol. The van der Waals surface area contributed by atoms with Crippen LogP contribution in [0.25, 0.3) is 0 Å². The minimum atomic E-state index is -0.422. The van der Waals surface area contributed by atoms with Gasteiger partial charge in [0, 0.05) is 26.6 Å². The summed E-state index contributed by atoms with van der Waals surface area (Å²) >= 11 is 0. The van der Waals surface area contributed by atoms with Crippen molar-refractivity contribution in [3.05, 3.63) is 0 Å². The smallest absolute Gasteiger partial charge is 0.410 e. The molecule has 108 valence electrons. The zero-order valence-corrected chi connectivity index (χ0v) is 12.2. The van der Waals surface area contributed by atoms with Crippen molar-refractivity contribution in [2.24, 2.45) is 17.8 Å². The molecule has 1 aliphatic heterocycles. The molecule has 0 bridgehead atoms.